The molecule has 6 heteroatoms. The van der Waals surface area contributed by atoms with Crippen molar-refractivity contribution in [2.75, 3.05) is 29.9 Å². The first-order valence-corrected chi connectivity index (χ1v) is 9.76. The van der Waals surface area contributed by atoms with Crippen LogP contribution in [0.2, 0.25) is 0 Å². The Kier molecular flexibility index (Phi) is 5.13. The number of ether oxygens (including phenoxy) is 1. The molecule has 6 nitrogen and oxygen atoms in total. The lowest BCUT2D eigenvalue weighted by atomic mass is 9.83. The number of amides is 2. The number of nitrogens with two attached hydrogens (primary N) is 1. The van der Waals surface area contributed by atoms with Gasteiger partial charge in [-0.3, -0.25) is 9.59 Å². The second kappa shape index (κ2) is 7.88. The fourth-order valence-electron chi connectivity index (χ4n) is 4.21. The van der Waals surface area contributed by atoms with Gasteiger partial charge in [-0.15, -0.1) is 6.42 Å². The number of carbonyl (C=O) groups excluding carboxylic acids is 2. The Balaban J connectivity index is 1.83. The van der Waals surface area contributed by atoms with Crippen LogP contribution in [0.1, 0.15) is 46.7 Å². The number of rotatable bonds is 5. The molecule has 0 saturated carbocycles. The summed E-state index contributed by atoms with van der Waals surface area (Å²) in [6, 6.07) is 11.2. The molecule has 2 aromatic carbocycles. The van der Waals surface area contributed by atoms with E-state index in [0.29, 0.717) is 17.0 Å². The van der Waals surface area contributed by atoms with Gasteiger partial charge in [-0.05, 0) is 36.6 Å². The molecular formula is C23H23N3O3. The average molecular weight is 389 g/mol. The third-order valence-electron chi connectivity index (χ3n) is 5.52. The lowest BCUT2D eigenvalue weighted by Crippen LogP contribution is -2.28. The molecule has 29 heavy (non-hydrogen) atoms. The first-order valence-electron chi connectivity index (χ1n) is 9.76. The van der Waals surface area contributed by atoms with Crippen molar-refractivity contribution in [3.05, 3.63) is 53.1 Å². The fourth-order valence-corrected chi connectivity index (χ4v) is 4.21. The van der Waals surface area contributed by atoms with E-state index < -0.39 is 5.91 Å². The predicted molar refractivity (Wildman–Crippen MR) is 112 cm³/mol. The molecule has 0 unspecified atom stereocenters. The van der Waals surface area contributed by atoms with E-state index in [0.717, 1.165) is 42.7 Å². The van der Waals surface area contributed by atoms with E-state index in [2.05, 4.69) is 16.1 Å². The SMILES string of the molecule is C#CCOc1ccccc1[C@@H]1CC(=O)Nc2cc(N3CCCC3)c(C(N)=O)cc21. The molecule has 2 aliphatic heterocycles. The minimum absolute atomic E-state index is 0.0755. The number of nitrogens with zero attached hydrogens (tertiary/aromatic N) is 1. The maximum absolute atomic E-state index is 12.5. The molecular weight excluding hydrogens is 366 g/mol. The summed E-state index contributed by atoms with van der Waals surface area (Å²) in [7, 11) is 0. The van der Waals surface area contributed by atoms with Crippen molar-refractivity contribution >= 4 is 23.2 Å². The highest BCUT2D eigenvalue weighted by molar-refractivity contribution is 6.03. The molecule has 0 spiro atoms. The van der Waals surface area contributed by atoms with E-state index in [-0.39, 0.29) is 24.9 Å². The highest BCUT2D eigenvalue weighted by Crippen LogP contribution is 2.43. The Labute approximate surface area is 170 Å². The van der Waals surface area contributed by atoms with Gasteiger partial charge < -0.3 is 20.7 Å². The van der Waals surface area contributed by atoms with Crippen LogP contribution in [0, 0.1) is 12.3 Å². The van der Waals surface area contributed by atoms with Crippen molar-refractivity contribution in [1.82, 2.24) is 0 Å². The number of nitrogens with one attached hydrogen (secondary N) is 1. The summed E-state index contributed by atoms with van der Waals surface area (Å²) in [6.45, 7) is 1.89. The monoisotopic (exact) mass is 389 g/mol. The Hall–Kier alpha value is -3.46. The molecule has 0 aliphatic carbocycles. The minimum Gasteiger partial charge on any atom is -0.481 e. The van der Waals surface area contributed by atoms with Gasteiger partial charge in [0, 0.05) is 36.7 Å². The largest absolute Gasteiger partial charge is 0.481 e. The van der Waals surface area contributed by atoms with Gasteiger partial charge in [0.2, 0.25) is 5.91 Å². The molecule has 2 aromatic rings. The van der Waals surface area contributed by atoms with Gasteiger partial charge in [0.25, 0.3) is 5.91 Å². The number of terminal acetylenes is 1. The van der Waals surface area contributed by atoms with E-state index in [1.807, 2.05) is 36.4 Å². The number of primary amides is 1. The van der Waals surface area contributed by atoms with Crippen LogP contribution in [0.4, 0.5) is 11.4 Å². The van der Waals surface area contributed by atoms with Gasteiger partial charge in [-0.1, -0.05) is 24.1 Å². The Morgan fingerprint density at radius 2 is 2.00 bits per heavy atom. The molecule has 1 saturated heterocycles. The van der Waals surface area contributed by atoms with Gasteiger partial charge >= 0.3 is 0 Å². The highest BCUT2D eigenvalue weighted by Gasteiger charge is 2.31. The number of fused-ring (bicyclic) bond motifs is 1. The summed E-state index contributed by atoms with van der Waals surface area (Å²) in [6.07, 6.45) is 7.74. The summed E-state index contributed by atoms with van der Waals surface area (Å²) in [5.41, 5.74) is 9.42. The Bertz CT molecular complexity index is 1000. The van der Waals surface area contributed by atoms with E-state index >= 15 is 0 Å². The summed E-state index contributed by atoms with van der Waals surface area (Å²) in [5, 5.41) is 2.96. The van der Waals surface area contributed by atoms with Crippen LogP contribution >= 0.6 is 0 Å². The van der Waals surface area contributed by atoms with Crippen LogP contribution in [0.5, 0.6) is 5.75 Å². The standard InChI is InChI=1S/C23H23N3O3/c1-2-11-29-21-8-4-3-7-15(21)16-13-22(27)25-19-14-20(26-9-5-6-10-26)18(23(24)28)12-17(16)19/h1,3-4,7-8,12,14,16H,5-6,9-11,13H2,(H2,24,28)(H,25,27)/t16-/m0/s1. The minimum atomic E-state index is -0.470. The Morgan fingerprint density at radius 3 is 2.72 bits per heavy atom. The number of carbonyl (C=O) groups is 2. The lowest BCUT2D eigenvalue weighted by Gasteiger charge is -2.30. The molecule has 2 amide bonds. The molecule has 1 fully saturated rings. The highest BCUT2D eigenvalue weighted by atomic mass is 16.5. The molecule has 4 rings (SSSR count). The number of benzene rings is 2. The van der Waals surface area contributed by atoms with Crippen LogP contribution in [-0.4, -0.2) is 31.5 Å². The van der Waals surface area contributed by atoms with Crippen molar-refractivity contribution in [2.45, 2.75) is 25.2 Å². The van der Waals surface area contributed by atoms with Gasteiger partial charge in [-0.2, -0.15) is 0 Å². The molecule has 0 radical (unpaired) electrons. The van der Waals surface area contributed by atoms with Crippen LogP contribution < -0.4 is 20.7 Å². The molecule has 0 bridgehead atoms. The summed E-state index contributed by atoms with van der Waals surface area (Å²) < 4.78 is 5.70. The molecule has 148 valence electrons. The topological polar surface area (TPSA) is 84.7 Å². The van der Waals surface area contributed by atoms with Crippen LogP contribution in [0.15, 0.2) is 36.4 Å². The summed E-state index contributed by atoms with van der Waals surface area (Å²) in [5.74, 6) is 2.31. The predicted octanol–water partition coefficient (Wildman–Crippen LogP) is 2.87. The third kappa shape index (κ3) is 3.64. The van der Waals surface area contributed by atoms with Gasteiger partial charge in [0.1, 0.15) is 12.4 Å². The smallest absolute Gasteiger partial charge is 0.250 e. The van der Waals surface area contributed by atoms with Crippen molar-refractivity contribution in [1.29, 1.82) is 0 Å². The first kappa shape index (κ1) is 18.9. The Morgan fingerprint density at radius 1 is 1.24 bits per heavy atom. The zero-order valence-corrected chi connectivity index (χ0v) is 16.1. The second-order valence-electron chi connectivity index (χ2n) is 7.35. The maximum atomic E-state index is 12.5. The second-order valence-corrected chi connectivity index (χ2v) is 7.35. The normalized spacial score (nSPS) is 18.0. The van der Waals surface area contributed by atoms with Crippen molar-refractivity contribution in [3.8, 4) is 18.1 Å². The number of hydrogen-bond acceptors (Lipinski definition) is 4. The third-order valence-corrected chi connectivity index (χ3v) is 5.52. The quantitative estimate of drug-likeness (QED) is 0.770. The van der Waals surface area contributed by atoms with E-state index in [1.54, 1.807) is 0 Å². The molecule has 0 aromatic heterocycles. The number of para-hydroxylation sites is 1. The molecule has 3 N–H and O–H groups in total. The maximum Gasteiger partial charge on any atom is 0.250 e. The van der Waals surface area contributed by atoms with E-state index in [4.69, 9.17) is 16.9 Å². The van der Waals surface area contributed by atoms with E-state index in [1.165, 1.54) is 0 Å². The molecule has 2 aliphatic rings. The zero-order valence-electron chi connectivity index (χ0n) is 16.1. The van der Waals surface area contributed by atoms with Crippen molar-refractivity contribution < 1.29 is 14.3 Å². The zero-order chi connectivity index (χ0) is 20.4. The fraction of sp³-hybridized carbons (Fsp3) is 0.304. The van der Waals surface area contributed by atoms with Gasteiger partial charge in [-0.25, -0.2) is 0 Å². The lowest BCUT2D eigenvalue weighted by molar-refractivity contribution is -0.116. The molecule has 2 heterocycles. The van der Waals surface area contributed by atoms with Gasteiger partial charge in [0.05, 0.1) is 11.3 Å². The summed E-state index contributed by atoms with van der Waals surface area (Å²) >= 11 is 0. The molecule has 1 atom stereocenters. The average Bonchev–Trinajstić information content (AvgIpc) is 3.25. The van der Waals surface area contributed by atoms with Crippen molar-refractivity contribution in [2.24, 2.45) is 5.73 Å². The van der Waals surface area contributed by atoms with Crippen molar-refractivity contribution in [3.63, 3.8) is 0 Å². The first-order chi connectivity index (χ1) is 14.1. The van der Waals surface area contributed by atoms with Gasteiger partial charge in [0.15, 0.2) is 0 Å². The van der Waals surface area contributed by atoms with Crippen LogP contribution in [0.3, 0.4) is 0 Å². The van der Waals surface area contributed by atoms with Crippen LogP contribution in [-0.2, 0) is 4.79 Å². The van der Waals surface area contributed by atoms with Crippen LogP contribution in [0.25, 0.3) is 0 Å². The van der Waals surface area contributed by atoms with E-state index in [9.17, 15) is 9.59 Å². The number of anilines is 2. The number of hydrogen-bond donors (Lipinski definition) is 2. The summed E-state index contributed by atoms with van der Waals surface area (Å²) in [4.78, 5) is 26.9.